The third-order valence-electron chi connectivity index (χ3n) is 3.44. The average molecular weight is 277 g/mol. The fraction of sp³-hybridized carbons (Fsp3) is 0.176. The second-order valence-corrected chi connectivity index (χ2v) is 4.94. The molecule has 0 saturated carbocycles. The summed E-state index contributed by atoms with van der Waals surface area (Å²) in [4.78, 5) is 17.0. The number of carbonyl (C=O) groups is 1. The lowest BCUT2D eigenvalue weighted by Gasteiger charge is -2.07. The van der Waals surface area contributed by atoms with Gasteiger partial charge in [-0.15, -0.1) is 0 Å². The lowest BCUT2D eigenvalue weighted by molar-refractivity contribution is 0.103. The van der Waals surface area contributed by atoms with Crippen molar-refractivity contribution in [2.24, 2.45) is 0 Å². The molecule has 1 aromatic carbocycles. The smallest absolute Gasteiger partial charge is 0.195 e. The summed E-state index contributed by atoms with van der Waals surface area (Å²) in [6, 6.07) is 11.2. The number of fused-ring (bicyclic) bond motifs is 1. The molecule has 104 valence electrons. The molecule has 0 amide bonds. The second-order valence-electron chi connectivity index (χ2n) is 4.94. The Kier molecular flexibility index (Phi) is 3.44. The van der Waals surface area contributed by atoms with Crippen LogP contribution in [0.4, 0.5) is 0 Å². The quantitative estimate of drug-likeness (QED) is 0.690. The molecule has 0 spiro atoms. The molecule has 0 aliphatic heterocycles. The van der Waals surface area contributed by atoms with E-state index in [4.69, 9.17) is 0 Å². The molecule has 2 aromatic heterocycles. The zero-order valence-corrected chi connectivity index (χ0v) is 12.0. The Labute approximate surface area is 122 Å². The van der Waals surface area contributed by atoms with Gasteiger partial charge >= 0.3 is 0 Å². The molecule has 4 nitrogen and oxygen atoms in total. The number of hydrogen-bond acceptors (Lipinski definition) is 4. The Morgan fingerprint density at radius 1 is 1.14 bits per heavy atom. The summed E-state index contributed by atoms with van der Waals surface area (Å²) in [6.07, 6.45) is 2.41. The predicted octanol–water partition coefficient (Wildman–Crippen LogP) is 3.13. The monoisotopic (exact) mass is 277 g/mol. The third-order valence-corrected chi connectivity index (χ3v) is 3.44. The number of aryl methyl sites for hydroxylation is 2. The number of ketones is 1. The van der Waals surface area contributed by atoms with E-state index < -0.39 is 0 Å². The van der Waals surface area contributed by atoms with Crippen LogP contribution in [0.5, 0.6) is 0 Å². The fourth-order valence-corrected chi connectivity index (χ4v) is 2.34. The number of hydrogen-bond donors (Lipinski definition) is 0. The highest BCUT2D eigenvalue weighted by atomic mass is 16.1. The van der Waals surface area contributed by atoms with E-state index in [-0.39, 0.29) is 5.78 Å². The number of carbonyl (C=O) groups excluding carboxylic acids is 1. The van der Waals surface area contributed by atoms with E-state index >= 15 is 0 Å². The van der Waals surface area contributed by atoms with Crippen LogP contribution in [0.1, 0.15) is 34.2 Å². The highest BCUT2D eigenvalue weighted by Gasteiger charge is 2.15. The molecule has 21 heavy (non-hydrogen) atoms. The summed E-state index contributed by atoms with van der Waals surface area (Å²) in [5.41, 5.74) is 3.55. The molecule has 0 aliphatic carbocycles. The topological polar surface area (TPSA) is 55.7 Å². The normalized spacial score (nSPS) is 10.8. The fourth-order valence-electron chi connectivity index (χ4n) is 2.34. The molecule has 0 bridgehead atoms. The van der Waals surface area contributed by atoms with Crippen LogP contribution < -0.4 is 0 Å². The van der Waals surface area contributed by atoms with Crippen LogP contribution in [0.15, 0.2) is 42.6 Å². The van der Waals surface area contributed by atoms with Crippen molar-refractivity contribution in [2.45, 2.75) is 20.3 Å². The minimum atomic E-state index is -0.0302. The minimum absolute atomic E-state index is 0.0302. The molecule has 0 N–H and O–H groups in total. The Morgan fingerprint density at radius 3 is 2.81 bits per heavy atom. The Bertz CT molecular complexity index is 827. The molecule has 4 heteroatoms. The first-order valence-corrected chi connectivity index (χ1v) is 6.91. The Hall–Kier alpha value is -2.62. The van der Waals surface area contributed by atoms with Crippen LogP contribution in [-0.2, 0) is 6.42 Å². The van der Waals surface area contributed by atoms with Gasteiger partial charge in [-0.05, 0) is 31.5 Å². The Balaban J connectivity index is 2.10. The molecular weight excluding hydrogens is 262 g/mol. The van der Waals surface area contributed by atoms with Crippen molar-refractivity contribution in [3.8, 4) is 0 Å². The maximum absolute atomic E-state index is 12.7. The summed E-state index contributed by atoms with van der Waals surface area (Å²) < 4.78 is 0. The summed E-state index contributed by atoms with van der Waals surface area (Å²) in [5, 5.41) is 9.16. The molecule has 3 rings (SSSR count). The zero-order valence-electron chi connectivity index (χ0n) is 12.0. The van der Waals surface area contributed by atoms with Crippen molar-refractivity contribution < 1.29 is 4.79 Å². The average Bonchev–Trinajstić information content (AvgIpc) is 2.53. The van der Waals surface area contributed by atoms with E-state index in [1.807, 2.05) is 44.2 Å². The van der Waals surface area contributed by atoms with Gasteiger partial charge in [0.15, 0.2) is 5.78 Å². The minimum Gasteiger partial charge on any atom is -0.289 e. The number of nitrogens with zero attached hydrogens (tertiary/aromatic N) is 3. The van der Waals surface area contributed by atoms with Crippen molar-refractivity contribution in [1.82, 2.24) is 15.2 Å². The van der Waals surface area contributed by atoms with Gasteiger partial charge in [-0.3, -0.25) is 9.78 Å². The molecule has 0 aliphatic rings. The van der Waals surface area contributed by atoms with Gasteiger partial charge in [0.05, 0.1) is 16.9 Å². The lowest BCUT2D eigenvalue weighted by Crippen LogP contribution is -2.09. The van der Waals surface area contributed by atoms with Gasteiger partial charge in [-0.25, -0.2) is 0 Å². The van der Waals surface area contributed by atoms with Crippen molar-refractivity contribution >= 4 is 16.7 Å². The highest BCUT2D eigenvalue weighted by molar-refractivity contribution is 6.11. The van der Waals surface area contributed by atoms with Crippen molar-refractivity contribution in [3.05, 3.63) is 65.1 Å². The second kappa shape index (κ2) is 5.40. The van der Waals surface area contributed by atoms with Gasteiger partial charge in [-0.1, -0.05) is 25.1 Å². The van der Waals surface area contributed by atoms with E-state index in [0.29, 0.717) is 17.5 Å². The molecule has 0 atom stereocenters. The summed E-state index contributed by atoms with van der Waals surface area (Å²) in [7, 11) is 0. The molecule has 0 fully saturated rings. The van der Waals surface area contributed by atoms with Crippen LogP contribution in [0.2, 0.25) is 0 Å². The molecule has 0 radical (unpaired) electrons. The standard InChI is InChI=1S/C17H15N3O/c1-3-15-14(9-11(2)19-20-15)17(21)13-7-6-12-5-4-8-18-16(12)10-13/h4-10H,3H2,1-2H3. The first-order chi connectivity index (χ1) is 10.2. The van der Waals surface area contributed by atoms with Crippen molar-refractivity contribution in [1.29, 1.82) is 0 Å². The van der Waals surface area contributed by atoms with E-state index in [2.05, 4.69) is 15.2 Å². The van der Waals surface area contributed by atoms with Crippen molar-refractivity contribution in [2.75, 3.05) is 0 Å². The largest absolute Gasteiger partial charge is 0.289 e. The molecule has 0 unspecified atom stereocenters. The summed E-state index contributed by atoms with van der Waals surface area (Å²) >= 11 is 0. The first-order valence-electron chi connectivity index (χ1n) is 6.91. The predicted molar refractivity (Wildman–Crippen MR) is 81.3 cm³/mol. The lowest BCUT2D eigenvalue weighted by atomic mass is 9.99. The number of rotatable bonds is 3. The van der Waals surface area contributed by atoms with E-state index in [0.717, 1.165) is 22.3 Å². The number of aromatic nitrogens is 3. The van der Waals surface area contributed by atoms with Gasteiger partial charge < -0.3 is 0 Å². The van der Waals surface area contributed by atoms with Crippen LogP contribution >= 0.6 is 0 Å². The van der Waals surface area contributed by atoms with Crippen LogP contribution in [0.3, 0.4) is 0 Å². The maximum atomic E-state index is 12.7. The van der Waals surface area contributed by atoms with Gasteiger partial charge in [0.2, 0.25) is 0 Å². The Morgan fingerprint density at radius 2 is 2.00 bits per heavy atom. The van der Waals surface area contributed by atoms with Gasteiger partial charge in [0.1, 0.15) is 0 Å². The molecule has 3 aromatic rings. The van der Waals surface area contributed by atoms with Gasteiger partial charge in [-0.2, -0.15) is 10.2 Å². The van der Waals surface area contributed by atoms with Crippen LogP contribution in [0, 0.1) is 6.92 Å². The number of benzene rings is 1. The van der Waals surface area contributed by atoms with E-state index in [9.17, 15) is 4.79 Å². The SMILES string of the molecule is CCc1nnc(C)cc1C(=O)c1ccc2cccnc2c1. The first kappa shape index (κ1) is 13.4. The maximum Gasteiger partial charge on any atom is 0.195 e. The van der Waals surface area contributed by atoms with Crippen LogP contribution in [-0.4, -0.2) is 21.0 Å². The van der Waals surface area contributed by atoms with Crippen molar-refractivity contribution in [3.63, 3.8) is 0 Å². The molecule has 2 heterocycles. The molecular formula is C17H15N3O. The van der Waals surface area contributed by atoms with E-state index in [1.165, 1.54) is 0 Å². The summed E-state index contributed by atoms with van der Waals surface area (Å²) in [6.45, 7) is 3.81. The third kappa shape index (κ3) is 2.52. The number of pyridine rings is 1. The highest BCUT2D eigenvalue weighted by Crippen LogP contribution is 2.18. The van der Waals surface area contributed by atoms with Gasteiger partial charge in [0.25, 0.3) is 0 Å². The van der Waals surface area contributed by atoms with E-state index in [1.54, 1.807) is 12.3 Å². The summed E-state index contributed by atoms with van der Waals surface area (Å²) in [5.74, 6) is -0.0302. The molecule has 0 saturated heterocycles. The van der Waals surface area contributed by atoms with Gasteiger partial charge in [0, 0.05) is 22.7 Å². The van der Waals surface area contributed by atoms with Crippen LogP contribution in [0.25, 0.3) is 10.9 Å². The zero-order chi connectivity index (χ0) is 14.8.